The Morgan fingerprint density at radius 1 is 1.11 bits per heavy atom. The second kappa shape index (κ2) is 5.89. The van der Waals surface area contributed by atoms with Crippen molar-refractivity contribution in [1.82, 2.24) is 14.9 Å². The summed E-state index contributed by atoms with van der Waals surface area (Å²) >= 11 is 2.09. The molecule has 0 atom stereocenters. The average molecular weight is 264 g/mol. The number of aromatic nitrogens is 2. The lowest BCUT2D eigenvalue weighted by atomic mass is 10.0. The molecule has 0 unspecified atom stereocenters. The Hall–Kier alpha value is -0.810. The quantitative estimate of drug-likeness (QED) is 0.808. The Bertz CT molecular complexity index is 359. The molecule has 0 aliphatic carbocycles. The summed E-state index contributed by atoms with van der Waals surface area (Å²) in [7, 11) is 0. The third-order valence-corrected chi connectivity index (χ3v) is 4.86. The first kappa shape index (κ1) is 12.2. The normalized spacial score (nSPS) is 23.2. The van der Waals surface area contributed by atoms with Crippen LogP contribution in [0.15, 0.2) is 18.6 Å². The van der Waals surface area contributed by atoms with Gasteiger partial charge in [-0.3, -0.25) is 4.90 Å². The first-order chi connectivity index (χ1) is 8.93. The number of thioether (sulfide) groups is 1. The van der Waals surface area contributed by atoms with E-state index in [1.165, 1.54) is 37.4 Å². The van der Waals surface area contributed by atoms with Gasteiger partial charge in [0, 0.05) is 49.9 Å². The van der Waals surface area contributed by atoms with Crippen LogP contribution in [-0.2, 0) is 0 Å². The minimum Gasteiger partial charge on any atom is -0.356 e. The highest BCUT2D eigenvalue weighted by atomic mass is 32.2. The fourth-order valence-electron chi connectivity index (χ4n) is 2.87. The second-order valence-electron chi connectivity index (χ2n) is 4.93. The summed E-state index contributed by atoms with van der Waals surface area (Å²) in [5.41, 5.74) is 0. The highest BCUT2D eigenvalue weighted by molar-refractivity contribution is 7.99. The molecule has 2 aliphatic rings. The smallest absolute Gasteiger partial charge is 0.131 e. The lowest BCUT2D eigenvalue weighted by Crippen LogP contribution is -2.47. The molecule has 1 aromatic heterocycles. The van der Waals surface area contributed by atoms with Crippen molar-refractivity contribution >= 4 is 17.6 Å². The molecule has 4 nitrogen and oxygen atoms in total. The Morgan fingerprint density at radius 2 is 1.89 bits per heavy atom. The first-order valence-corrected chi connectivity index (χ1v) is 7.92. The van der Waals surface area contributed by atoms with Crippen molar-refractivity contribution in [2.24, 2.45) is 0 Å². The monoisotopic (exact) mass is 264 g/mol. The lowest BCUT2D eigenvalue weighted by Gasteiger charge is -2.40. The van der Waals surface area contributed by atoms with Crippen molar-refractivity contribution in [2.75, 3.05) is 42.6 Å². The third-order valence-electron chi connectivity index (χ3n) is 3.92. The molecule has 0 saturated carbocycles. The maximum atomic E-state index is 4.34. The topological polar surface area (TPSA) is 32.3 Å². The van der Waals surface area contributed by atoms with Crippen molar-refractivity contribution in [3.63, 3.8) is 0 Å². The van der Waals surface area contributed by atoms with E-state index in [9.17, 15) is 0 Å². The molecular formula is C13H20N4S. The van der Waals surface area contributed by atoms with Crippen LogP contribution in [0.2, 0.25) is 0 Å². The van der Waals surface area contributed by atoms with Crippen LogP contribution in [0, 0.1) is 0 Å². The van der Waals surface area contributed by atoms with Crippen LogP contribution in [0.1, 0.15) is 12.8 Å². The predicted octanol–water partition coefficient (Wildman–Crippen LogP) is 1.49. The molecule has 3 rings (SSSR count). The highest BCUT2D eigenvalue weighted by Crippen LogP contribution is 2.22. The van der Waals surface area contributed by atoms with Crippen LogP contribution in [0.25, 0.3) is 0 Å². The van der Waals surface area contributed by atoms with Gasteiger partial charge in [-0.25, -0.2) is 9.97 Å². The molecule has 2 fully saturated rings. The van der Waals surface area contributed by atoms with E-state index in [-0.39, 0.29) is 0 Å². The van der Waals surface area contributed by atoms with Gasteiger partial charge in [-0.1, -0.05) is 0 Å². The fourth-order valence-corrected chi connectivity index (χ4v) is 3.80. The molecule has 0 N–H and O–H groups in total. The van der Waals surface area contributed by atoms with Crippen molar-refractivity contribution < 1.29 is 0 Å². The maximum Gasteiger partial charge on any atom is 0.131 e. The average Bonchev–Trinajstić information content (AvgIpc) is 2.49. The Labute approximate surface area is 113 Å². The summed E-state index contributed by atoms with van der Waals surface area (Å²) in [6.07, 6.45) is 6.02. The number of hydrogen-bond acceptors (Lipinski definition) is 5. The highest BCUT2D eigenvalue weighted by Gasteiger charge is 2.25. The summed E-state index contributed by atoms with van der Waals surface area (Å²) < 4.78 is 0. The van der Waals surface area contributed by atoms with E-state index in [1.54, 1.807) is 6.33 Å². The molecule has 0 amide bonds. The molecule has 0 spiro atoms. The van der Waals surface area contributed by atoms with Gasteiger partial charge in [-0.2, -0.15) is 11.8 Å². The molecule has 3 heterocycles. The molecule has 0 bridgehead atoms. The summed E-state index contributed by atoms with van der Waals surface area (Å²) in [5.74, 6) is 3.70. The van der Waals surface area contributed by atoms with Crippen LogP contribution in [0.5, 0.6) is 0 Å². The van der Waals surface area contributed by atoms with E-state index in [0.717, 1.165) is 24.9 Å². The summed E-state index contributed by atoms with van der Waals surface area (Å²) in [6.45, 7) is 4.82. The Morgan fingerprint density at radius 3 is 2.56 bits per heavy atom. The molecule has 5 heteroatoms. The van der Waals surface area contributed by atoms with Crippen molar-refractivity contribution in [1.29, 1.82) is 0 Å². The second-order valence-corrected chi connectivity index (χ2v) is 6.16. The van der Waals surface area contributed by atoms with Gasteiger partial charge in [-0.15, -0.1) is 0 Å². The van der Waals surface area contributed by atoms with Crippen LogP contribution >= 0.6 is 11.8 Å². The SMILES string of the molecule is c1cc(N2CCC(N3CCSCC3)CC2)ncn1. The van der Waals surface area contributed by atoms with Crippen molar-refractivity contribution in [3.05, 3.63) is 18.6 Å². The zero-order valence-electron chi connectivity index (χ0n) is 10.7. The van der Waals surface area contributed by atoms with E-state index in [4.69, 9.17) is 0 Å². The van der Waals surface area contributed by atoms with Crippen LogP contribution in [-0.4, -0.2) is 58.6 Å². The number of nitrogens with zero attached hydrogens (tertiary/aromatic N) is 4. The van der Waals surface area contributed by atoms with Gasteiger partial charge >= 0.3 is 0 Å². The molecule has 2 saturated heterocycles. The predicted molar refractivity (Wildman–Crippen MR) is 76.2 cm³/mol. The lowest BCUT2D eigenvalue weighted by molar-refractivity contribution is 0.185. The van der Waals surface area contributed by atoms with Gasteiger partial charge in [0.25, 0.3) is 0 Å². The van der Waals surface area contributed by atoms with Gasteiger partial charge in [0.15, 0.2) is 0 Å². The number of anilines is 1. The molecule has 98 valence electrons. The van der Waals surface area contributed by atoms with Crippen LogP contribution in [0.3, 0.4) is 0 Å². The standard InChI is InChI=1S/C13H20N4S/c1-4-14-11-15-13(1)17-5-2-12(3-6-17)16-7-9-18-10-8-16/h1,4,11-12H,2-3,5-10H2. The molecule has 0 radical (unpaired) electrons. The fraction of sp³-hybridized carbons (Fsp3) is 0.692. The van der Waals surface area contributed by atoms with E-state index >= 15 is 0 Å². The Balaban J connectivity index is 1.54. The van der Waals surface area contributed by atoms with Gasteiger partial charge in [0.1, 0.15) is 12.1 Å². The summed E-state index contributed by atoms with van der Waals surface area (Å²) in [6, 6.07) is 2.81. The molecule has 0 aromatic carbocycles. The van der Waals surface area contributed by atoms with Gasteiger partial charge < -0.3 is 4.90 Å². The van der Waals surface area contributed by atoms with Gasteiger partial charge in [0.2, 0.25) is 0 Å². The third kappa shape index (κ3) is 2.78. The molecular weight excluding hydrogens is 244 g/mol. The minimum atomic E-state index is 0.795. The maximum absolute atomic E-state index is 4.34. The zero-order valence-corrected chi connectivity index (χ0v) is 11.5. The van der Waals surface area contributed by atoms with E-state index in [1.807, 2.05) is 12.3 Å². The minimum absolute atomic E-state index is 0.795. The zero-order chi connectivity index (χ0) is 12.2. The van der Waals surface area contributed by atoms with Gasteiger partial charge in [0.05, 0.1) is 0 Å². The summed E-state index contributed by atoms with van der Waals surface area (Å²) in [4.78, 5) is 13.4. The molecule has 18 heavy (non-hydrogen) atoms. The first-order valence-electron chi connectivity index (χ1n) is 6.76. The number of hydrogen-bond donors (Lipinski definition) is 0. The van der Waals surface area contributed by atoms with Gasteiger partial charge in [-0.05, 0) is 18.9 Å². The van der Waals surface area contributed by atoms with E-state index in [0.29, 0.717) is 0 Å². The number of rotatable bonds is 2. The number of piperidine rings is 1. The molecule has 1 aromatic rings. The van der Waals surface area contributed by atoms with Crippen molar-refractivity contribution in [3.8, 4) is 0 Å². The Kier molecular flexibility index (Phi) is 4.00. The molecule has 2 aliphatic heterocycles. The summed E-state index contributed by atoms with van der Waals surface area (Å²) in [5, 5.41) is 0. The largest absolute Gasteiger partial charge is 0.356 e. The van der Waals surface area contributed by atoms with E-state index < -0.39 is 0 Å². The van der Waals surface area contributed by atoms with E-state index in [2.05, 4.69) is 31.5 Å². The van der Waals surface area contributed by atoms with Crippen LogP contribution in [0.4, 0.5) is 5.82 Å². The van der Waals surface area contributed by atoms with Crippen LogP contribution < -0.4 is 4.90 Å². The van der Waals surface area contributed by atoms with Crippen molar-refractivity contribution in [2.45, 2.75) is 18.9 Å².